The highest BCUT2D eigenvalue weighted by Crippen LogP contribution is 2.82. The van der Waals surface area contributed by atoms with Crippen LogP contribution in [0.25, 0.3) is 0 Å². The van der Waals surface area contributed by atoms with Crippen LogP contribution in [0.5, 0.6) is 0 Å². The first-order chi connectivity index (χ1) is 18.0. The van der Waals surface area contributed by atoms with Crippen LogP contribution < -0.4 is 0 Å². The number of ether oxygens (including phenoxy) is 3. The molecule has 5 aliphatic rings. The van der Waals surface area contributed by atoms with Crippen LogP contribution in [-0.2, 0) is 23.8 Å². The Bertz CT molecular complexity index is 1010. The number of allylic oxidation sites excluding steroid dienone is 1. The van der Waals surface area contributed by atoms with Gasteiger partial charge < -0.3 is 24.1 Å². The third kappa shape index (κ3) is 3.75. The number of rotatable bonds is 9. The van der Waals surface area contributed by atoms with E-state index in [1.54, 1.807) is 7.11 Å². The molecule has 10 atom stereocenters. The number of fused-ring (bicyclic) bond motifs is 2. The lowest BCUT2D eigenvalue weighted by molar-refractivity contribution is -0.219. The number of hydrogen-bond acceptors (Lipinski definition) is 6. The molecule has 212 valence electrons. The van der Waals surface area contributed by atoms with Crippen molar-refractivity contribution in [1.82, 2.24) is 4.90 Å². The van der Waals surface area contributed by atoms with Gasteiger partial charge in [0.2, 0.25) is 0 Å². The van der Waals surface area contributed by atoms with Gasteiger partial charge in [-0.15, -0.1) is 0 Å². The summed E-state index contributed by atoms with van der Waals surface area (Å²) in [4.78, 5) is 29.0. The molecule has 0 aromatic carbocycles. The fourth-order valence-electron chi connectivity index (χ4n) is 9.66. The summed E-state index contributed by atoms with van der Waals surface area (Å²) in [6.45, 7) is 14.1. The van der Waals surface area contributed by atoms with E-state index in [1.165, 1.54) is 0 Å². The van der Waals surface area contributed by atoms with Crippen molar-refractivity contribution < 1.29 is 28.9 Å². The lowest BCUT2D eigenvalue weighted by Crippen LogP contribution is -2.63. The molecule has 1 N–H and O–H groups in total. The van der Waals surface area contributed by atoms with Gasteiger partial charge in [-0.05, 0) is 55.8 Å². The van der Waals surface area contributed by atoms with Gasteiger partial charge in [0.1, 0.15) is 11.7 Å². The van der Waals surface area contributed by atoms with Crippen LogP contribution in [0.4, 0.5) is 0 Å². The Balaban J connectivity index is 1.53. The molecular formula is C30H44ClNO6. The fraction of sp³-hybridized carbons (Fsp3) is 0.800. The smallest absolute Gasteiger partial charge is 0.315 e. The quantitative estimate of drug-likeness (QED) is 0.328. The Morgan fingerprint density at radius 2 is 2.05 bits per heavy atom. The average molecular weight is 550 g/mol. The van der Waals surface area contributed by atoms with Crippen LogP contribution in [0.15, 0.2) is 23.3 Å². The summed E-state index contributed by atoms with van der Waals surface area (Å²) in [6.07, 6.45) is 5.65. The maximum absolute atomic E-state index is 13.6. The van der Waals surface area contributed by atoms with Crippen LogP contribution in [0.1, 0.15) is 53.4 Å². The van der Waals surface area contributed by atoms with Gasteiger partial charge in [0.05, 0.1) is 24.2 Å². The van der Waals surface area contributed by atoms with Crippen molar-refractivity contribution in [3.05, 3.63) is 23.3 Å². The van der Waals surface area contributed by atoms with Crippen LogP contribution in [0, 0.1) is 45.8 Å². The van der Waals surface area contributed by atoms with Gasteiger partial charge in [0, 0.05) is 37.2 Å². The number of aliphatic carboxylic acids is 1. The number of carbonyl (C=O) groups is 2. The van der Waals surface area contributed by atoms with E-state index >= 15 is 0 Å². The standard InChI is InChI=1S/C30H44ClNO6/c1-17(2)24-9-21-10-28(15-33)23-8-7-18(3)22(23)11-29(21,30(24,28)27(34)35)16-37-26-14-32(12-19(4)31)13-25(36-6)20(5)38-26/h9,15,17-18,20-23,25-26H,4,7-8,10-14,16H2,1-3,5-6H3,(H,34,35)/t18-,20-,21?,22-,23-,25+,26-,28?,29?,30?/m1/s1. The predicted octanol–water partition coefficient (Wildman–Crippen LogP) is 4.74. The Morgan fingerprint density at radius 3 is 2.66 bits per heavy atom. The van der Waals surface area contributed by atoms with E-state index in [0.717, 1.165) is 31.1 Å². The Morgan fingerprint density at radius 1 is 1.32 bits per heavy atom. The van der Waals surface area contributed by atoms with Crippen LogP contribution in [0.3, 0.4) is 0 Å². The summed E-state index contributed by atoms with van der Waals surface area (Å²) in [6, 6.07) is 0. The molecule has 4 fully saturated rings. The number of carbonyl (C=O) groups excluding carboxylic acids is 1. The van der Waals surface area contributed by atoms with Gasteiger partial charge in [-0.25, -0.2) is 0 Å². The van der Waals surface area contributed by atoms with E-state index in [1.807, 2.05) is 6.92 Å². The van der Waals surface area contributed by atoms with Crippen molar-refractivity contribution in [2.45, 2.75) is 71.9 Å². The van der Waals surface area contributed by atoms with Gasteiger partial charge in [-0.3, -0.25) is 9.69 Å². The van der Waals surface area contributed by atoms with Crippen molar-refractivity contribution >= 4 is 23.9 Å². The van der Waals surface area contributed by atoms with Crippen molar-refractivity contribution in [1.29, 1.82) is 0 Å². The van der Waals surface area contributed by atoms with Crippen LogP contribution in [-0.4, -0.2) is 74.1 Å². The minimum atomic E-state index is -1.25. The number of halogens is 1. The second kappa shape index (κ2) is 9.99. The zero-order valence-electron chi connectivity index (χ0n) is 23.5. The third-order valence-electron chi connectivity index (χ3n) is 11.1. The van der Waals surface area contributed by atoms with Crippen molar-refractivity contribution in [2.75, 3.05) is 33.4 Å². The van der Waals surface area contributed by atoms with E-state index in [-0.39, 0.29) is 36.6 Å². The van der Waals surface area contributed by atoms with Crippen LogP contribution in [0.2, 0.25) is 0 Å². The molecule has 4 unspecified atom stereocenters. The second-order valence-corrected chi connectivity index (χ2v) is 13.6. The van der Waals surface area contributed by atoms with Gasteiger partial charge in [0.25, 0.3) is 0 Å². The first-order valence-electron chi connectivity index (χ1n) is 14.2. The summed E-state index contributed by atoms with van der Waals surface area (Å²) in [5.74, 6) is 0.0603. The number of nitrogens with zero attached hydrogens (tertiary/aromatic N) is 1. The van der Waals surface area contributed by atoms with E-state index in [0.29, 0.717) is 42.9 Å². The molecule has 1 saturated heterocycles. The van der Waals surface area contributed by atoms with E-state index in [4.69, 9.17) is 25.8 Å². The molecule has 1 heterocycles. The lowest BCUT2D eigenvalue weighted by Gasteiger charge is -2.58. The average Bonchev–Trinajstić information content (AvgIpc) is 3.37. The van der Waals surface area contributed by atoms with Crippen LogP contribution >= 0.6 is 11.6 Å². The summed E-state index contributed by atoms with van der Waals surface area (Å²) in [5, 5.41) is 11.7. The predicted molar refractivity (Wildman–Crippen MR) is 145 cm³/mol. The molecule has 4 aliphatic carbocycles. The molecule has 38 heavy (non-hydrogen) atoms. The number of aldehydes is 1. The van der Waals surface area contributed by atoms with Gasteiger partial charge in [0.15, 0.2) is 6.29 Å². The third-order valence-corrected chi connectivity index (χ3v) is 11.2. The maximum Gasteiger partial charge on any atom is 0.315 e. The Kier molecular flexibility index (Phi) is 7.43. The van der Waals surface area contributed by atoms with Crippen molar-refractivity contribution in [3.8, 4) is 0 Å². The Labute approximate surface area is 231 Å². The fourth-order valence-corrected chi connectivity index (χ4v) is 9.83. The molecule has 4 bridgehead atoms. The number of hydrogen-bond donors (Lipinski definition) is 1. The zero-order chi connectivity index (χ0) is 27.6. The van der Waals surface area contributed by atoms with E-state index < -0.39 is 28.5 Å². The number of carboxylic acids is 1. The molecule has 0 radical (unpaired) electrons. The van der Waals surface area contributed by atoms with E-state index in [9.17, 15) is 14.7 Å². The molecule has 5 rings (SSSR count). The summed E-state index contributed by atoms with van der Waals surface area (Å²) < 4.78 is 18.7. The molecule has 3 saturated carbocycles. The largest absolute Gasteiger partial charge is 0.481 e. The minimum Gasteiger partial charge on any atom is -0.481 e. The highest BCUT2D eigenvalue weighted by molar-refractivity contribution is 6.29. The molecular weight excluding hydrogens is 506 g/mol. The summed E-state index contributed by atoms with van der Waals surface area (Å²) in [7, 11) is 1.67. The monoisotopic (exact) mass is 549 g/mol. The van der Waals surface area contributed by atoms with Gasteiger partial charge in [-0.1, -0.05) is 57.0 Å². The summed E-state index contributed by atoms with van der Waals surface area (Å²) in [5.41, 5.74) is -1.90. The SMILES string of the molecule is C=C(Cl)CN1C[C@H](OCC23C[C@@H]4[C@H](C)CC[C@H]4C4(C=O)CC2C=C(C(C)C)C34C(=O)O)O[C@H](C)[C@@H](OC)C1. The molecule has 0 amide bonds. The topological polar surface area (TPSA) is 85.3 Å². The zero-order valence-corrected chi connectivity index (χ0v) is 24.2. The second-order valence-electron chi connectivity index (χ2n) is 13.1. The molecule has 7 nitrogen and oxygen atoms in total. The van der Waals surface area contributed by atoms with Gasteiger partial charge >= 0.3 is 5.97 Å². The molecule has 0 aromatic rings. The van der Waals surface area contributed by atoms with Gasteiger partial charge in [-0.2, -0.15) is 0 Å². The van der Waals surface area contributed by atoms with E-state index in [2.05, 4.69) is 38.3 Å². The van der Waals surface area contributed by atoms with Crippen molar-refractivity contribution in [2.24, 2.45) is 45.8 Å². The molecule has 0 aromatic heterocycles. The lowest BCUT2D eigenvalue weighted by atomic mass is 9.43. The summed E-state index contributed by atoms with van der Waals surface area (Å²) >= 11 is 6.17. The van der Waals surface area contributed by atoms with Crippen molar-refractivity contribution in [3.63, 3.8) is 0 Å². The highest BCUT2D eigenvalue weighted by Gasteiger charge is 2.84. The highest BCUT2D eigenvalue weighted by atomic mass is 35.5. The Hall–Kier alpha value is -1.25. The first-order valence-corrected chi connectivity index (χ1v) is 14.6. The molecule has 8 heteroatoms. The number of methoxy groups -OCH3 is 1. The normalized spacial score (nSPS) is 46.1. The minimum absolute atomic E-state index is 0.00681. The first kappa shape index (κ1) is 28.3. The molecule has 1 aliphatic heterocycles. The number of carboxylic acid groups (broad SMARTS) is 1. The molecule has 0 spiro atoms. The maximum atomic E-state index is 13.6.